The monoisotopic (exact) mass is 543 g/mol. The SMILES string of the molecule is CNC(=O)c1cnc(OCC(=O)O)c(F)c1-c1c(Cl)c(F)cc2c1CC(c1ccccc1)([C@@H]1CCCN1)O2. The van der Waals surface area contributed by atoms with Gasteiger partial charge >= 0.3 is 5.97 Å². The summed E-state index contributed by atoms with van der Waals surface area (Å²) >= 11 is 6.48. The number of amides is 1. The van der Waals surface area contributed by atoms with E-state index in [0.717, 1.165) is 31.1 Å². The molecule has 0 spiro atoms. The third-order valence-electron chi connectivity index (χ3n) is 6.94. The van der Waals surface area contributed by atoms with E-state index in [0.29, 0.717) is 5.56 Å². The lowest BCUT2D eigenvalue weighted by Crippen LogP contribution is -2.48. The Hall–Kier alpha value is -3.76. The minimum atomic E-state index is -1.35. The summed E-state index contributed by atoms with van der Waals surface area (Å²) in [6.07, 6.45) is 2.97. The van der Waals surface area contributed by atoms with Gasteiger partial charge in [0.25, 0.3) is 11.8 Å². The van der Waals surface area contributed by atoms with E-state index in [1.807, 2.05) is 30.3 Å². The number of nitrogens with zero attached hydrogens (tertiary/aromatic N) is 1. The van der Waals surface area contributed by atoms with E-state index >= 15 is 8.78 Å². The number of fused-ring (bicyclic) bond motifs is 1. The largest absolute Gasteiger partial charge is 0.480 e. The number of aliphatic carboxylic acids is 1. The average molecular weight is 544 g/mol. The molecular weight excluding hydrogens is 520 g/mol. The van der Waals surface area contributed by atoms with Crippen LogP contribution in [-0.4, -0.2) is 48.2 Å². The molecule has 1 aromatic heterocycles. The number of ether oxygens (including phenoxy) is 2. The van der Waals surface area contributed by atoms with E-state index in [-0.39, 0.29) is 34.9 Å². The van der Waals surface area contributed by atoms with Crippen LogP contribution in [0.1, 0.15) is 34.3 Å². The Bertz CT molecular complexity index is 1420. The van der Waals surface area contributed by atoms with Crippen LogP contribution < -0.4 is 20.1 Å². The molecule has 2 aliphatic rings. The van der Waals surface area contributed by atoms with Gasteiger partial charge in [-0.05, 0) is 24.9 Å². The highest BCUT2D eigenvalue weighted by molar-refractivity contribution is 6.34. The summed E-state index contributed by atoms with van der Waals surface area (Å²) in [6, 6.07) is 10.5. The minimum absolute atomic E-state index is 0.0730. The molecule has 1 amide bonds. The molecule has 5 rings (SSSR count). The number of hydrogen-bond acceptors (Lipinski definition) is 6. The van der Waals surface area contributed by atoms with Gasteiger partial charge in [0.15, 0.2) is 18.0 Å². The minimum Gasteiger partial charge on any atom is -0.480 e. The van der Waals surface area contributed by atoms with Crippen molar-refractivity contribution >= 4 is 23.5 Å². The van der Waals surface area contributed by atoms with Gasteiger partial charge < -0.3 is 25.2 Å². The molecule has 198 valence electrons. The Morgan fingerprint density at radius 3 is 2.71 bits per heavy atom. The Kier molecular flexibility index (Phi) is 6.93. The zero-order valence-corrected chi connectivity index (χ0v) is 21.1. The van der Waals surface area contributed by atoms with Gasteiger partial charge in [0.05, 0.1) is 16.6 Å². The molecule has 1 fully saturated rings. The molecule has 1 unspecified atom stereocenters. The molecule has 3 aromatic rings. The van der Waals surface area contributed by atoms with E-state index in [1.54, 1.807) is 0 Å². The molecule has 3 N–H and O–H groups in total. The normalized spacial score (nSPS) is 20.1. The predicted molar refractivity (Wildman–Crippen MR) is 135 cm³/mol. The summed E-state index contributed by atoms with van der Waals surface area (Å²) < 4.78 is 42.8. The zero-order valence-electron chi connectivity index (χ0n) is 20.3. The fraction of sp³-hybridized carbons (Fsp3) is 0.296. The quantitative estimate of drug-likeness (QED) is 0.412. The second kappa shape index (κ2) is 10.2. The van der Waals surface area contributed by atoms with Gasteiger partial charge in [-0.3, -0.25) is 4.79 Å². The van der Waals surface area contributed by atoms with Crippen LogP contribution in [0.25, 0.3) is 11.1 Å². The van der Waals surface area contributed by atoms with E-state index < -0.39 is 46.6 Å². The first-order valence-corrected chi connectivity index (χ1v) is 12.4. The van der Waals surface area contributed by atoms with Crippen molar-refractivity contribution in [2.75, 3.05) is 20.2 Å². The maximum absolute atomic E-state index is 16.0. The molecule has 0 radical (unpaired) electrons. The number of aromatic nitrogens is 1. The molecule has 11 heteroatoms. The van der Waals surface area contributed by atoms with Crippen LogP contribution in [-0.2, 0) is 16.8 Å². The molecule has 3 heterocycles. The second-order valence-corrected chi connectivity index (χ2v) is 9.51. The zero-order chi connectivity index (χ0) is 27.0. The number of carbonyl (C=O) groups is 2. The number of carboxylic acids is 1. The first kappa shape index (κ1) is 25.9. The standard InChI is InChI=1S/C27H24ClF2N3O5/c1-31-25(36)16-12-33-26(37-13-20(34)35)24(30)22(16)21-15-11-27(19-8-5-9-32-19,14-6-3-2-4-7-14)38-18(15)10-17(29)23(21)28/h2-4,6-7,10,12,19,32H,5,8-9,11,13H2,1H3,(H,31,36)(H,34,35)/t19-,27?/m0/s1. The number of nitrogens with one attached hydrogen (secondary N) is 2. The van der Waals surface area contributed by atoms with Gasteiger partial charge in [0.1, 0.15) is 11.6 Å². The van der Waals surface area contributed by atoms with Crippen molar-refractivity contribution in [1.29, 1.82) is 0 Å². The molecule has 38 heavy (non-hydrogen) atoms. The number of carboxylic acid groups (broad SMARTS) is 1. The van der Waals surface area contributed by atoms with Gasteiger partial charge in [-0.25, -0.2) is 18.6 Å². The first-order valence-electron chi connectivity index (χ1n) is 12.0. The van der Waals surface area contributed by atoms with Crippen molar-refractivity contribution in [1.82, 2.24) is 15.6 Å². The lowest BCUT2D eigenvalue weighted by atomic mass is 9.80. The highest BCUT2D eigenvalue weighted by atomic mass is 35.5. The number of benzene rings is 2. The highest BCUT2D eigenvalue weighted by Crippen LogP contribution is 2.52. The fourth-order valence-electron chi connectivity index (χ4n) is 5.27. The lowest BCUT2D eigenvalue weighted by molar-refractivity contribution is -0.139. The second-order valence-electron chi connectivity index (χ2n) is 9.13. The van der Waals surface area contributed by atoms with Crippen LogP contribution in [0.2, 0.25) is 5.02 Å². The van der Waals surface area contributed by atoms with E-state index in [9.17, 15) is 9.59 Å². The summed E-state index contributed by atoms with van der Waals surface area (Å²) in [5.74, 6) is -4.54. The molecule has 8 nitrogen and oxygen atoms in total. The summed E-state index contributed by atoms with van der Waals surface area (Å²) in [5.41, 5.74) is -0.327. The van der Waals surface area contributed by atoms with Crippen LogP contribution in [0.4, 0.5) is 8.78 Å². The lowest BCUT2D eigenvalue weighted by Gasteiger charge is -2.35. The molecule has 2 aliphatic heterocycles. The first-order chi connectivity index (χ1) is 18.3. The Morgan fingerprint density at radius 1 is 1.29 bits per heavy atom. The number of rotatable bonds is 7. The third kappa shape index (κ3) is 4.33. The number of hydrogen-bond donors (Lipinski definition) is 3. The van der Waals surface area contributed by atoms with Gasteiger partial charge in [0, 0.05) is 42.4 Å². The van der Waals surface area contributed by atoms with Gasteiger partial charge in [-0.1, -0.05) is 41.9 Å². The van der Waals surface area contributed by atoms with E-state index in [1.165, 1.54) is 13.1 Å². The molecule has 2 atom stereocenters. The number of halogens is 3. The highest BCUT2D eigenvalue weighted by Gasteiger charge is 2.50. The maximum Gasteiger partial charge on any atom is 0.341 e. The topological polar surface area (TPSA) is 110 Å². The Morgan fingerprint density at radius 2 is 2.05 bits per heavy atom. The van der Waals surface area contributed by atoms with Crippen LogP contribution in [0.3, 0.4) is 0 Å². The molecule has 2 aromatic carbocycles. The smallest absolute Gasteiger partial charge is 0.341 e. The van der Waals surface area contributed by atoms with Gasteiger partial charge in [-0.2, -0.15) is 0 Å². The van der Waals surface area contributed by atoms with E-state index in [4.69, 9.17) is 26.2 Å². The fourth-order valence-corrected chi connectivity index (χ4v) is 5.54. The molecule has 0 aliphatic carbocycles. The molecule has 0 saturated carbocycles. The average Bonchev–Trinajstić information content (AvgIpc) is 3.58. The van der Waals surface area contributed by atoms with Crippen molar-refractivity contribution < 1.29 is 33.0 Å². The number of pyridine rings is 1. The summed E-state index contributed by atoms with van der Waals surface area (Å²) in [7, 11) is 1.35. The van der Waals surface area contributed by atoms with Crippen molar-refractivity contribution in [3.8, 4) is 22.8 Å². The molecule has 1 saturated heterocycles. The van der Waals surface area contributed by atoms with Crippen molar-refractivity contribution in [2.45, 2.75) is 30.9 Å². The Balaban J connectivity index is 1.74. The van der Waals surface area contributed by atoms with Crippen LogP contribution in [0.5, 0.6) is 11.6 Å². The van der Waals surface area contributed by atoms with Gasteiger partial charge in [-0.15, -0.1) is 0 Å². The van der Waals surface area contributed by atoms with Crippen molar-refractivity contribution in [3.63, 3.8) is 0 Å². The van der Waals surface area contributed by atoms with E-state index in [2.05, 4.69) is 15.6 Å². The summed E-state index contributed by atoms with van der Waals surface area (Å²) in [6.45, 7) is -0.0870. The molecule has 0 bridgehead atoms. The molecular formula is C27H24ClF2N3O5. The van der Waals surface area contributed by atoms with Crippen molar-refractivity contribution in [3.05, 3.63) is 75.9 Å². The van der Waals surface area contributed by atoms with Gasteiger partial charge in [0.2, 0.25) is 0 Å². The predicted octanol–water partition coefficient (Wildman–Crippen LogP) is 4.09. The van der Waals surface area contributed by atoms with Crippen LogP contribution in [0, 0.1) is 11.6 Å². The van der Waals surface area contributed by atoms with Crippen molar-refractivity contribution in [2.24, 2.45) is 0 Å². The Labute approximate surface area is 221 Å². The van der Waals surface area contributed by atoms with Crippen LogP contribution in [0.15, 0.2) is 42.6 Å². The van der Waals surface area contributed by atoms with Crippen LogP contribution >= 0.6 is 11.6 Å². The maximum atomic E-state index is 16.0. The summed E-state index contributed by atoms with van der Waals surface area (Å²) in [5, 5.41) is 14.5. The summed E-state index contributed by atoms with van der Waals surface area (Å²) in [4.78, 5) is 27.6. The number of carbonyl (C=O) groups excluding carboxylic acids is 1. The third-order valence-corrected chi connectivity index (χ3v) is 7.31.